The van der Waals surface area contributed by atoms with Crippen molar-refractivity contribution in [2.75, 3.05) is 6.61 Å². The van der Waals surface area contributed by atoms with E-state index in [0.29, 0.717) is 19.3 Å². The topological polar surface area (TPSA) is 171 Å². The molecule has 0 bridgehead atoms. The first-order valence-electron chi connectivity index (χ1n) is 12.1. The van der Waals surface area contributed by atoms with E-state index in [1.54, 1.807) is 18.7 Å². The van der Waals surface area contributed by atoms with E-state index < -0.39 is 34.5 Å². The van der Waals surface area contributed by atoms with Gasteiger partial charge in [0.25, 0.3) is 0 Å². The molecule has 0 unspecified atom stereocenters. The number of carbonyl (C=O) groups is 3. The van der Waals surface area contributed by atoms with Gasteiger partial charge in [-0.05, 0) is 57.4 Å². The number of amides is 1. The molecule has 11 nitrogen and oxygen atoms in total. The highest BCUT2D eigenvalue weighted by Crippen LogP contribution is 2.40. The Hall–Kier alpha value is -2.54. The summed E-state index contributed by atoms with van der Waals surface area (Å²) in [5.74, 6) is -1.31. The molecule has 0 spiro atoms. The van der Waals surface area contributed by atoms with Crippen LogP contribution in [0.4, 0.5) is 0 Å². The zero-order chi connectivity index (χ0) is 26.9. The van der Waals surface area contributed by atoms with Gasteiger partial charge in [0, 0.05) is 6.04 Å². The van der Waals surface area contributed by atoms with Gasteiger partial charge in [0.1, 0.15) is 12.1 Å². The number of carboxylic acid groups (broad SMARTS) is 1. The summed E-state index contributed by atoms with van der Waals surface area (Å²) in [7, 11) is -4.67. The highest BCUT2D eigenvalue weighted by molar-refractivity contribution is 7.79. The molecule has 1 aliphatic carbocycles. The van der Waals surface area contributed by atoms with Crippen molar-refractivity contribution in [3.05, 3.63) is 35.9 Å². The van der Waals surface area contributed by atoms with Gasteiger partial charge < -0.3 is 14.7 Å². The maximum absolute atomic E-state index is 13.4. The van der Waals surface area contributed by atoms with Gasteiger partial charge in [0.05, 0.1) is 12.6 Å². The first kappa shape index (κ1) is 29.7. The first-order valence-corrected chi connectivity index (χ1v) is 13.5. The van der Waals surface area contributed by atoms with E-state index in [4.69, 9.17) is 22.3 Å². The monoisotopic (exact) mass is 528 g/mol. The summed E-state index contributed by atoms with van der Waals surface area (Å²) in [6, 6.07) is 7.75. The molecule has 0 aromatic heterocycles. The molecular formula is C24H36N2O9S. The molecule has 36 heavy (non-hydrogen) atoms. The fraction of sp³-hybridized carbons (Fsp3) is 0.625. The summed E-state index contributed by atoms with van der Waals surface area (Å²) in [4.78, 5) is 39.3. The minimum Gasteiger partial charge on any atom is -0.480 e. The molecule has 5 atom stereocenters. The van der Waals surface area contributed by atoms with Crippen LogP contribution in [0.5, 0.6) is 0 Å². The van der Waals surface area contributed by atoms with Gasteiger partial charge in [-0.25, -0.2) is 4.79 Å². The van der Waals surface area contributed by atoms with E-state index in [-0.39, 0.29) is 30.4 Å². The highest BCUT2D eigenvalue weighted by atomic mass is 32.3. The molecule has 4 N–H and O–H groups in total. The molecule has 2 aliphatic rings. The number of hydrogen-bond acceptors (Lipinski definition) is 7. The minimum atomic E-state index is -4.67. The van der Waals surface area contributed by atoms with Crippen LogP contribution in [0.2, 0.25) is 0 Å². The van der Waals surface area contributed by atoms with Crippen LogP contribution in [0, 0.1) is 5.92 Å². The molecule has 2 fully saturated rings. The van der Waals surface area contributed by atoms with E-state index in [1.807, 2.05) is 30.3 Å². The molecule has 1 heterocycles. The van der Waals surface area contributed by atoms with Crippen molar-refractivity contribution in [2.45, 2.75) is 83.0 Å². The zero-order valence-corrected chi connectivity index (χ0v) is 21.4. The number of esters is 1. The highest BCUT2D eigenvalue weighted by Gasteiger charge is 2.48. The minimum absolute atomic E-state index is 0.0167. The predicted octanol–water partition coefficient (Wildman–Crippen LogP) is 2.12. The first-order chi connectivity index (χ1) is 16.9. The largest absolute Gasteiger partial charge is 0.480 e. The summed E-state index contributed by atoms with van der Waals surface area (Å²) in [6.45, 7) is 3.74. The van der Waals surface area contributed by atoms with Crippen molar-refractivity contribution >= 4 is 28.2 Å². The number of aryl methyl sites for hydroxylation is 1. The summed E-state index contributed by atoms with van der Waals surface area (Å²) < 4.78 is 36.8. The number of carbonyl (C=O) groups excluding carboxylic acids is 2. The zero-order valence-electron chi connectivity index (χ0n) is 20.6. The van der Waals surface area contributed by atoms with E-state index >= 15 is 0 Å². The van der Waals surface area contributed by atoms with Crippen molar-refractivity contribution in [1.29, 1.82) is 0 Å². The van der Waals surface area contributed by atoms with Crippen molar-refractivity contribution in [1.82, 2.24) is 10.2 Å². The van der Waals surface area contributed by atoms with Gasteiger partial charge in [-0.2, -0.15) is 8.42 Å². The average molecular weight is 529 g/mol. The Morgan fingerprint density at radius 1 is 1.14 bits per heavy atom. The van der Waals surface area contributed by atoms with Gasteiger partial charge in [-0.1, -0.05) is 43.2 Å². The second kappa shape index (κ2) is 13.7. The van der Waals surface area contributed by atoms with Gasteiger partial charge in [0.2, 0.25) is 5.91 Å². The Balaban J connectivity index is 0.000000830. The number of benzene rings is 1. The lowest BCUT2D eigenvalue weighted by Crippen LogP contribution is -2.55. The van der Waals surface area contributed by atoms with Gasteiger partial charge >= 0.3 is 22.3 Å². The third-order valence-corrected chi connectivity index (χ3v) is 6.58. The van der Waals surface area contributed by atoms with Crippen LogP contribution < -0.4 is 5.32 Å². The Labute approximate surface area is 211 Å². The molecule has 0 radical (unpaired) electrons. The fourth-order valence-electron chi connectivity index (χ4n) is 5.06. The quantitative estimate of drug-likeness (QED) is 0.275. The number of rotatable bonds is 9. The number of aliphatic carboxylic acids is 1. The normalized spacial score (nSPS) is 23.0. The van der Waals surface area contributed by atoms with Crippen LogP contribution in [-0.2, 0) is 35.9 Å². The lowest BCUT2D eigenvalue weighted by atomic mass is 9.84. The number of fused-ring (bicyclic) bond motifs is 1. The van der Waals surface area contributed by atoms with Gasteiger partial charge in [-0.15, -0.1) is 0 Å². The molecule has 1 saturated carbocycles. The molecular weight excluding hydrogens is 492 g/mol. The summed E-state index contributed by atoms with van der Waals surface area (Å²) in [6.07, 6.45) is 5.62. The molecule has 1 aliphatic heterocycles. The van der Waals surface area contributed by atoms with Crippen molar-refractivity contribution < 1.29 is 41.8 Å². The Kier molecular flexibility index (Phi) is 11.3. The summed E-state index contributed by atoms with van der Waals surface area (Å²) in [5.41, 5.74) is 1.10. The molecule has 1 amide bonds. The second-order valence-electron chi connectivity index (χ2n) is 9.11. The fourth-order valence-corrected chi connectivity index (χ4v) is 5.06. The van der Waals surface area contributed by atoms with E-state index in [9.17, 15) is 19.5 Å². The Morgan fingerprint density at radius 2 is 1.75 bits per heavy atom. The van der Waals surface area contributed by atoms with Crippen molar-refractivity contribution in [3.8, 4) is 0 Å². The number of nitrogens with zero attached hydrogens (tertiary/aromatic N) is 1. The maximum Gasteiger partial charge on any atom is 0.394 e. The smallest absolute Gasteiger partial charge is 0.394 e. The van der Waals surface area contributed by atoms with E-state index in [2.05, 4.69) is 5.32 Å². The van der Waals surface area contributed by atoms with Gasteiger partial charge in [-0.3, -0.25) is 24.0 Å². The van der Waals surface area contributed by atoms with Crippen LogP contribution in [0.3, 0.4) is 0 Å². The molecule has 1 aromatic rings. The van der Waals surface area contributed by atoms with Crippen LogP contribution in [-0.4, -0.2) is 76.1 Å². The number of nitrogens with one attached hydrogen (secondary N) is 1. The SMILES string of the molecule is CCOC(=O)[C@H](CCc1ccccc1)N[C@@H](C)C(=O)N1[C@H](C(=O)O)C[C@H]2CCCC[C@@H]21.O=S(=O)(O)O. The van der Waals surface area contributed by atoms with Crippen LogP contribution in [0.25, 0.3) is 0 Å². The Morgan fingerprint density at radius 3 is 2.33 bits per heavy atom. The van der Waals surface area contributed by atoms with E-state index in [1.165, 1.54) is 0 Å². The predicted molar refractivity (Wildman–Crippen MR) is 131 cm³/mol. The van der Waals surface area contributed by atoms with E-state index in [0.717, 1.165) is 31.2 Å². The number of hydrogen-bond donors (Lipinski definition) is 4. The maximum atomic E-state index is 13.4. The van der Waals surface area contributed by atoms with Crippen molar-refractivity contribution in [3.63, 3.8) is 0 Å². The van der Waals surface area contributed by atoms with Crippen LogP contribution in [0.1, 0.15) is 57.9 Å². The molecule has 202 valence electrons. The third-order valence-electron chi connectivity index (χ3n) is 6.58. The summed E-state index contributed by atoms with van der Waals surface area (Å²) >= 11 is 0. The lowest BCUT2D eigenvalue weighted by molar-refractivity contribution is -0.152. The second-order valence-corrected chi connectivity index (χ2v) is 10.0. The number of carboxylic acids is 1. The molecule has 1 saturated heterocycles. The van der Waals surface area contributed by atoms with Crippen molar-refractivity contribution in [2.24, 2.45) is 5.92 Å². The van der Waals surface area contributed by atoms with Crippen LogP contribution in [0.15, 0.2) is 30.3 Å². The lowest BCUT2D eigenvalue weighted by Gasteiger charge is -2.35. The van der Waals surface area contributed by atoms with Crippen LogP contribution >= 0.6 is 0 Å². The van der Waals surface area contributed by atoms with Gasteiger partial charge in [0.15, 0.2) is 0 Å². The molecule has 3 rings (SSSR count). The standard InChI is InChI=1S/C24H34N2O5.H2O4S/c1-3-31-24(30)19(14-13-17-9-5-4-6-10-17)25-16(2)22(27)26-20-12-8-7-11-18(20)15-21(26)23(28)29;1-5(2,3)4/h4-6,9-10,16,18-21,25H,3,7-8,11-15H2,1-2H3,(H,28,29);(H2,1,2,3,4)/t16-,18+,19-,20-,21-;/m0./s1. The third kappa shape index (κ3) is 9.16. The average Bonchev–Trinajstić information content (AvgIpc) is 3.21. The molecule has 1 aromatic carbocycles. The number of ether oxygens (including phenoxy) is 1. The summed E-state index contributed by atoms with van der Waals surface area (Å²) in [5, 5.41) is 12.9. The number of likely N-dealkylation sites (tertiary alicyclic amines) is 1. The molecule has 12 heteroatoms. The Bertz CT molecular complexity index is 979.